The highest BCUT2D eigenvalue weighted by Gasteiger charge is 2.19. The van der Waals surface area contributed by atoms with Crippen LogP contribution in [0, 0.1) is 20.8 Å². The summed E-state index contributed by atoms with van der Waals surface area (Å²) in [5.74, 6) is -0.00504. The molecular weight excluding hydrogens is 312 g/mol. The standard InChI is InChI=1S/C17H26N2OS2/c1-7-19(8-2)17(21)22-14(6)16(20)18-15-12(4)9-11(3)10-13(15)5/h9-10,14H,7-8H2,1-6H3,(H,18,20)/t14-/m0/s1. The normalized spacial score (nSPS) is 11.9. The summed E-state index contributed by atoms with van der Waals surface area (Å²) >= 11 is 6.86. The number of thioether (sulfide) groups is 1. The van der Waals surface area contributed by atoms with Crippen molar-refractivity contribution in [3.05, 3.63) is 28.8 Å². The highest BCUT2D eigenvalue weighted by atomic mass is 32.2. The zero-order valence-corrected chi connectivity index (χ0v) is 16.0. The first-order valence-corrected chi connectivity index (χ1v) is 8.93. The predicted octanol–water partition coefficient (Wildman–Crippen LogP) is 4.30. The molecule has 1 aromatic carbocycles. The fraction of sp³-hybridized carbons (Fsp3) is 0.529. The van der Waals surface area contributed by atoms with Crippen LogP contribution >= 0.6 is 24.0 Å². The molecule has 0 saturated carbocycles. The molecule has 0 radical (unpaired) electrons. The topological polar surface area (TPSA) is 32.3 Å². The van der Waals surface area contributed by atoms with Crippen LogP contribution in [0.1, 0.15) is 37.5 Å². The molecule has 1 rings (SSSR count). The van der Waals surface area contributed by atoms with E-state index in [1.54, 1.807) is 0 Å². The number of nitrogens with one attached hydrogen (secondary N) is 1. The van der Waals surface area contributed by atoms with Crippen molar-refractivity contribution in [1.29, 1.82) is 0 Å². The zero-order valence-electron chi connectivity index (χ0n) is 14.3. The summed E-state index contributed by atoms with van der Waals surface area (Å²) in [6, 6.07) is 4.17. The largest absolute Gasteiger partial charge is 0.358 e. The van der Waals surface area contributed by atoms with Crippen molar-refractivity contribution in [2.45, 2.75) is 46.8 Å². The Kier molecular flexibility index (Phi) is 7.36. The van der Waals surface area contributed by atoms with E-state index in [0.717, 1.165) is 34.2 Å². The lowest BCUT2D eigenvalue weighted by molar-refractivity contribution is -0.115. The number of rotatable bonds is 5. The van der Waals surface area contributed by atoms with E-state index in [1.165, 1.54) is 17.3 Å². The van der Waals surface area contributed by atoms with Crippen LogP contribution in [0.3, 0.4) is 0 Å². The number of carbonyl (C=O) groups is 1. The van der Waals surface area contributed by atoms with Crippen LogP contribution in [-0.4, -0.2) is 33.5 Å². The van der Waals surface area contributed by atoms with E-state index in [0.29, 0.717) is 0 Å². The van der Waals surface area contributed by atoms with Crippen molar-refractivity contribution in [1.82, 2.24) is 4.90 Å². The lowest BCUT2D eigenvalue weighted by Gasteiger charge is -2.23. The van der Waals surface area contributed by atoms with Gasteiger partial charge in [0.2, 0.25) is 5.91 Å². The molecule has 1 atom stereocenters. The van der Waals surface area contributed by atoms with Gasteiger partial charge in [-0.25, -0.2) is 0 Å². The first kappa shape index (κ1) is 19.0. The number of hydrogen-bond acceptors (Lipinski definition) is 3. The molecule has 0 aliphatic carbocycles. The number of amides is 1. The second kappa shape index (κ2) is 8.53. The van der Waals surface area contributed by atoms with E-state index in [1.807, 2.05) is 20.8 Å². The van der Waals surface area contributed by atoms with Crippen molar-refractivity contribution >= 4 is 39.9 Å². The Balaban J connectivity index is 2.75. The van der Waals surface area contributed by atoms with E-state index in [-0.39, 0.29) is 11.2 Å². The van der Waals surface area contributed by atoms with Gasteiger partial charge in [-0.2, -0.15) is 0 Å². The molecule has 122 valence electrons. The lowest BCUT2D eigenvalue weighted by Crippen LogP contribution is -2.31. The van der Waals surface area contributed by atoms with Crippen LogP contribution in [0.25, 0.3) is 0 Å². The maximum absolute atomic E-state index is 12.4. The van der Waals surface area contributed by atoms with Crippen LogP contribution < -0.4 is 5.32 Å². The van der Waals surface area contributed by atoms with E-state index in [9.17, 15) is 4.79 Å². The van der Waals surface area contributed by atoms with Crippen molar-refractivity contribution < 1.29 is 4.79 Å². The second-order valence-electron chi connectivity index (χ2n) is 5.46. The first-order valence-electron chi connectivity index (χ1n) is 7.64. The van der Waals surface area contributed by atoms with E-state index >= 15 is 0 Å². The Morgan fingerprint density at radius 3 is 2.18 bits per heavy atom. The molecule has 1 amide bonds. The van der Waals surface area contributed by atoms with Gasteiger partial charge in [-0.1, -0.05) is 41.7 Å². The summed E-state index contributed by atoms with van der Waals surface area (Å²) in [6.45, 7) is 13.9. The van der Waals surface area contributed by atoms with Gasteiger partial charge in [0.25, 0.3) is 0 Å². The molecule has 0 aliphatic heterocycles. The van der Waals surface area contributed by atoms with Gasteiger partial charge in [0.05, 0.1) is 5.25 Å². The molecule has 0 bridgehead atoms. The number of carbonyl (C=O) groups excluding carboxylic acids is 1. The number of anilines is 1. The maximum Gasteiger partial charge on any atom is 0.237 e. The minimum atomic E-state index is -0.215. The van der Waals surface area contributed by atoms with Crippen LogP contribution in [0.4, 0.5) is 5.69 Å². The number of nitrogens with zero attached hydrogens (tertiary/aromatic N) is 1. The molecule has 22 heavy (non-hydrogen) atoms. The number of hydrogen-bond donors (Lipinski definition) is 1. The van der Waals surface area contributed by atoms with Gasteiger partial charge in [0, 0.05) is 18.8 Å². The maximum atomic E-state index is 12.4. The van der Waals surface area contributed by atoms with Crippen LogP contribution in [-0.2, 0) is 4.79 Å². The van der Waals surface area contributed by atoms with Crippen molar-refractivity contribution in [2.75, 3.05) is 18.4 Å². The van der Waals surface area contributed by atoms with Crippen LogP contribution in [0.15, 0.2) is 12.1 Å². The van der Waals surface area contributed by atoms with Gasteiger partial charge in [-0.15, -0.1) is 0 Å². The molecule has 1 N–H and O–H groups in total. The molecular formula is C17H26N2OS2. The molecule has 5 heteroatoms. The third-order valence-electron chi connectivity index (χ3n) is 3.59. The second-order valence-corrected chi connectivity index (χ2v) is 7.44. The van der Waals surface area contributed by atoms with Gasteiger partial charge >= 0.3 is 0 Å². The number of thiocarbonyl (C=S) groups is 1. The SMILES string of the molecule is CCN(CC)C(=S)S[C@@H](C)C(=O)Nc1c(C)cc(C)cc1C. The monoisotopic (exact) mass is 338 g/mol. The fourth-order valence-electron chi connectivity index (χ4n) is 2.36. The highest BCUT2D eigenvalue weighted by molar-refractivity contribution is 8.23. The summed E-state index contributed by atoms with van der Waals surface area (Å²) in [5, 5.41) is 2.83. The molecule has 0 aliphatic rings. The number of aryl methyl sites for hydroxylation is 3. The van der Waals surface area contributed by atoms with Gasteiger partial charge < -0.3 is 10.2 Å². The Morgan fingerprint density at radius 2 is 1.73 bits per heavy atom. The summed E-state index contributed by atoms with van der Waals surface area (Å²) in [4.78, 5) is 14.5. The van der Waals surface area contributed by atoms with Crippen molar-refractivity contribution in [3.63, 3.8) is 0 Å². The smallest absolute Gasteiger partial charge is 0.237 e. The molecule has 0 unspecified atom stereocenters. The Morgan fingerprint density at radius 1 is 1.23 bits per heavy atom. The Hall–Kier alpha value is -1.07. The average molecular weight is 339 g/mol. The Bertz CT molecular complexity index is 531. The summed E-state index contributed by atoms with van der Waals surface area (Å²) < 4.78 is 0.782. The number of benzene rings is 1. The van der Waals surface area contributed by atoms with Gasteiger partial charge in [-0.05, 0) is 52.7 Å². The lowest BCUT2D eigenvalue weighted by atomic mass is 10.1. The molecule has 1 aromatic rings. The molecule has 0 aromatic heterocycles. The first-order chi connectivity index (χ1) is 10.3. The minimum absolute atomic E-state index is 0.00504. The molecule has 3 nitrogen and oxygen atoms in total. The third kappa shape index (κ3) is 4.99. The van der Waals surface area contributed by atoms with Gasteiger partial charge in [0.15, 0.2) is 0 Å². The van der Waals surface area contributed by atoms with Gasteiger partial charge in [-0.3, -0.25) is 4.79 Å². The van der Waals surface area contributed by atoms with Crippen LogP contribution in [0.5, 0.6) is 0 Å². The van der Waals surface area contributed by atoms with E-state index in [4.69, 9.17) is 12.2 Å². The quantitative estimate of drug-likeness (QED) is 0.811. The molecule has 0 saturated heterocycles. The predicted molar refractivity (Wildman–Crippen MR) is 102 cm³/mol. The van der Waals surface area contributed by atoms with Crippen LogP contribution in [0.2, 0.25) is 0 Å². The molecule has 0 fully saturated rings. The highest BCUT2D eigenvalue weighted by Crippen LogP contribution is 2.24. The van der Waals surface area contributed by atoms with Crippen molar-refractivity contribution in [2.24, 2.45) is 0 Å². The molecule has 0 spiro atoms. The summed E-state index contributed by atoms with van der Waals surface area (Å²) in [7, 11) is 0. The van der Waals surface area contributed by atoms with E-state index < -0.39 is 0 Å². The van der Waals surface area contributed by atoms with Crippen molar-refractivity contribution in [3.8, 4) is 0 Å². The zero-order chi connectivity index (χ0) is 16.9. The third-order valence-corrected chi connectivity index (χ3v) is 5.17. The molecule has 0 heterocycles. The fourth-order valence-corrected chi connectivity index (χ4v) is 3.93. The average Bonchev–Trinajstić information content (AvgIpc) is 2.43. The summed E-state index contributed by atoms with van der Waals surface area (Å²) in [6.07, 6.45) is 0. The van der Waals surface area contributed by atoms with Gasteiger partial charge in [0.1, 0.15) is 4.32 Å². The van der Waals surface area contributed by atoms with E-state index in [2.05, 4.69) is 43.1 Å². The minimum Gasteiger partial charge on any atom is -0.358 e. The summed E-state index contributed by atoms with van der Waals surface area (Å²) in [5.41, 5.74) is 4.30. The Labute approximate surface area is 143 Å².